The van der Waals surface area contributed by atoms with Gasteiger partial charge in [-0.2, -0.15) is 0 Å². The summed E-state index contributed by atoms with van der Waals surface area (Å²) < 4.78 is 25.8. The first-order valence-corrected chi connectivity index (χ1v) is 3.90. The van der Waals surface area contributed by atoms with E-state index >= 15 is 0 Å². The van der Waals surface area contributed by atoms with Crippen LogP contribution in [0.1, 0.15) is 18.2 Å². The van der Waals surface area contributed by atoms with Crippen LogP contribution in [0.4, 0.5) is 8.78 Å². The number of hydrogen-bond donors (Lipinski definition) is 1. The summed E-state index contributed by atoms with van der Waals surface area (Å²) in [5, 5.41) is 0. The highest BCUT2D eigenvalue weighted by Crippen LogP contribution is 2.25. The predicted octanol–water partition coefficient (Wildman–Crippen LogP) is 3.16. The Kier molecular flexibility index (Phi) is 2.28. The molecule has 0 saturated heterocycles. The highest BCUT2D eigenvalue weighted by atomic mass is 32.1. The lowest BCUT2D eigenvalue weighted by atomic mass is 10.2. The van der Waals surface area contributed by atoms with Crippen LogP contribution < -0.4 is 0 Å². The Morgan fingerprint density at radius 2 is 2.00 bits per heavy atom. The van der Waals surface area contributed by atoms with Gasteiger partial charge in [-0.15, -0.1) is 0 Å². The van der Waals surface area contributed by atoms with Crippen LogP contribution in [-0.4, -0.2) is 4.98 Å². The van der Waals surface area contributed by atoms with Crippen molar-refractivity contribution in [3.8, 4) is 0 Å². The van der Waals surface area contributed by atoms with Crippen molar-refractivity contribution in [2.24, 2.45) is 0 Å². The number of pyridine rings is 1. The Bertz CT molecular complexity index is 338. The molecule has 4 heteroatoms. The lowest BCUT2D eigenvalue weighted by Crippen LogP contribution is -2.09. The highest BCUT2D eigenvalue weighted by molar-refractivity contribution is 7.71. The number of aromatic nitrogens is 1. The van der Waals surface area contributed by atoms with Gasteiger partial charge in [-0.25, -0.2) is 8.78 Å². The van der Waals surface area contributed by atoms with Crippen LogP contribution in [0.3, 0.4) is 0 Å². The van der Waals surface area contributed by atoms with Crippen LogP contribution in [0.2, 0.25) is 0 Å². The number of nitrogens with one attached hydrogen (secondary N) is 1. The molecule has 0 aliphatic carbocycles. The minimum absolute atomic E-state index is 0.132. The summed E-state index contributed by atoms with van der Waals surface area (Å²) in [7, 11) is 0. The molecular formula is C8H9F2NS. The molecule has 1 rings (SSSR count). The van der Waals surface area contributed by atoms with Crippen LogP contribution >= 0.6 is 12.2 Å². The van der Waals surface area contributed by atoms with Gasteiger partial charge in [0.05, 0.1) is 5.69 Å². The number of aryl methyl sites for hydroxylation is 1. The van der Waals surface area contributed by atoms with E-state index in [4.69, 9.17) is 12.2 Å². The minimum Gasteiger partial charge on any atom is -0.345 e. The van der Waals surface area contributed by atoms with Crippen LogP contribution in [-0.2, 0) is 5.92 Å². The van der Waals surface area contributed by atoms with Gasteiger partial charge in [-0.05, 0) is 24.6 Å². The van der Waals surface area contributed by atoms with Gasteiger partial charge in [0.25, 0.3) is 5.92 Å². The van der Waals surface area contributed by atoms with Crippen molar-refractivity contribution in [2.45, 2.75) is 19.8 Å². The molecule has 0 saturated carbocycles. The van der Waals surface area contributed by atoms with Gasteiger partial charge in [0.2, 0.25) is 0 Å². The third-order valence-corrected chi connectivity index (χ3v) is 1.68. The van der Waals surface area contributed by atoms with E-state index < -0.39 is 5.92 Å². The second-order valence-electron chi connectivity index (χ2n) is 2.82. The first kappa shape index (κ1) is 9.32. The summed E-state index contributed by atoms with van der Waals surface area (Å²) in [5.41, 5.74) is 0.614. The number of H-pyrrole nitrogens is 1. The van der Waals surface area contributed by atoms with Crippen LogP contribution in [0, 0.1) is 11.6 Å². The van der Waals surface area contributed by atoms with E-state index in [1.165, 1.54) is 6.07 Å². The molecule has 1 aromatic rings. The summed E-state index contributed by atoms with van der Waals surface area (Å²) in [5.74, 6) is -2.85. The van der Waals surface area contributed by atoms with Gasteiger partial charge in [0, 0.05) is 6.92 Å². The van der Waals surface area contributed by atoms with Crippen LogP contribution in [0.25, 0.3) is 0 Å². The van der Waals surface area contributed by atoms with E-state index in [0.29, 0.717) is 4.64 Å². The molecule has 0 fully saturated rings. The smallest absolute Gasteiger partial charge is 0.284 e. The topological polar surface area (TPSA) is 15.8 Å². The molecule has 12 heavy (non-hydrogen) atoms. The monoisotopic (exact) mass is 189 g/mol. The Hall–Kier alpha value is -0.770. The van der Waals surface area contributed by atoms with Crippen molar-refractivity contribution in [3.05, 3.63) is 28.0 Å². The molecule has 0 atom stereocenters. The largest absolute Gasteiger partial charge is 0.345 e. The molecule has 0 radical (unpaired) electrons. The Labute approximate surface area is 74.4 Å². The van der Waals surface area contributed by atoms with E-state index in [1.807, 2.05) is 0 Å². The SMILES string of the molecule is Cc1cc(C(C)(F)F)[nH]c(=S)c1. The van der Waals surface area contributed by atoms with Gasteiger partial charge in [-0.3, -0.25) is 0 Å². The second kappa shape index (κ2) is 2.94. The summed E-state index contributed by atoms with van der Waals surface area (Å²) in [6.45, 7) is 2.58. The van der Waals surface area contributed by atoms with Crippen molar-refractivity contribution in [1.82, 2.24) is 4.98 Å². The molecule has 0 amide bonds. The molecule has 0 aromatic carbocycles. The van der Waals surface area contributed by atoms with Crippen molar-refractivity contribution in [3.63, 3.8) is 0 Å². The van der Waals surface area contributed by atoms with E-state index in [9.17, 15) is 8.78 Å². The van der Waals surface area contributed by atoms with Gasteiger partial charge >= 0.3 is 0 Å². The third-order valence-electron chi connectivity index (χ3n) is 1.46. The number of alkyl halides is 2. The Morgan fingerprint density at radius 1 is 1.42 bits per heavy atom. The van der Waals surface area contributed by atoms with E-state index in [1.54, 1.807) is 13.0 Å². The average molecular weight is 189 g/mol. The predicted molar refractivity (Wildman–Crippen MR) is 45.9 cm³/mol. The quantitative estimate of drug-likeness (QED) is 0.671. The molecule has 0 aliphatic rings. The lowest BCUT2D eigenvalue weighted by molar-refractivity contribution is 0.0126. The standard InChI is InChI=1S/C8H9F2NS/c1-5-3-6(8(2,9)10)11-7(12)4-5/h3-4H,1-2H3,(H,11,12). The maximum atomic E-state index is 12.7. The molecule has 0 spiro atoms. The first-order valence-electron chi connectivity index (χ1n) is 3.49. The number of rotatable bonds is 1. The summed E-state index contributed by atoms with van der Waals surface area (Å²) >= 11 is 4.77. The van der Waals surface area contributed by atoms with Crippen LogP contribution in [0.15, 0.2) is 12.1 Å². The molecule has 1 N–H and O–H groups in total. The summed E-state index contributed by atoms with van der Waals surface area (Å²) in [6, 6.07) is 3.04. The maximum Gasteiger partial charge on any atom is 0.284 e. The molecule has 1 nitrogen and oxygen atoms in total. The number of aromatic amines is 1. The molecule has 0 aliphatic heterocycles. The zero-order valence-corrected chi connectivity index (χ0v) is 7.64. The Balaban J connectivity index is 3.27. The van der Waals surface area contributed by atoms with Crippen molar-refractivity contribution in [2.75, 3.05) is 0 Å². The van der Waals surface area contributed by atoms with Gasteiger partial charge in [0.15, 0.2) is 0 Å². The van der Waals surface area contributed by atoms with Gasteiger partial charge < -0.3 is 4.98 Å². The summed E-state index contributed by atoms with van der Waals surface area (Å²) in [4.78, 5) is 2.45. The molecule has 1 aromatic heterocycles. The van der Waals surface area contributed by atoms with E-state index in [-0.39, 0.29) is 5.69 Å². The first-order chi connectivity index (χ1) is 5.39. The Morgan fingerprint density at radius 3 is 2.42 bits per heavy atom. The van der Waals surface area contributed by atoms with Crippen LogP contribution in [0.5, 0.6) is 0 Å². The normalized spacial score (nSPS) is 11.7. The van der Waals surface area contributed by atoms with Gasteiger partial charge in [-0.1, -0.05) is 12.2 Å². The fourth-order valence-electron chi connectivity index (χ4n) is 0.917. The average Bonchev–Trinajstić information content (AvgIpc) is 1.82. The fourth-order valence-corrected chi connectivity index (χ4v) is 1.21. The molecule has 0 unspecified atom stereocenters. The molecule has 66 valence electrons. The molecular weight excluding hydrogens is 180 g/mol. The van der Waals surface area contributed by atoms with E-state index in [2.05, 4.69) is 4.98 Å². The minimum atomic E-state index is -2.85. The molecule has 0 bridgehead atoms. The zero-order chi connectivity index (χ0) is 9.35. The van der Waals surface area contributed by atoms with Crippen molar-refractivity contribution < 1.29 is 8.78 Å². The van der Waals surface area contributed by atoms with Crippen molar-refractivity contribution in [1.29, 1.82) is 0 Å². The molecule has 1 heterocycles. The number of hydrogen-bond acceptors (Lipinski definition) is 1. The summed E-state index contributed by atoms with van der Waals surface area (Å²) in [6.07, 6.45) is 0. The second-order valence-corrected chi connectivity index (χ2v) is 3.26. The lowest BCUT2D eigenvalue weighted by Gasteiger charge is -2.10. The third kappa shape index (κ3) is 2.11. The highest BCUT2D eigenvalue weighted by Gasteiger charge is 2.24. The van der Waals surface area contributed by atoms with Gasteiger partial charge in [0.1, 0.15) is 4.64 Å². The number of halogens is 2. The fraction of sp³-hybridized carbons (Fsp3) is 0.375. The maximum absolute atomic E-state index is 12.7. The van der Waals surface area contributed by atoms with Crippen molar-refractivity contribution >= 4 is 12.2 Å². The zero-order valence-electron chi connectivity index (χ0n) is 6.82. The van der Waals surface area contributed by atoms with E-state index in [0.717, 1.165) is 12.5 Å².